The van der Waals surface area contributed by atoms with Crippen LogP contribution in [0.25, 0.3) is 0 Å². The number of allylic oxidation sites excluding steroid dienone is 3. The number of Topliss-reactive ketones (excluding diaryl/α,β-unsaturated/α-hetero) is 1. The molecule has 0 aromatic heterocycles. The first kappa shape index (κ1) is 22.9. The highest BCUT2D eigenvalue weighted by Crippen LogP contribution is 2.46. The molecule has 1 heterocycles. The minimum atomic E-state index is -0.450. The fourth-order valence-electron chi connectivity index (χ4n) is 5.66. The van der Waals surface area contributed by atoms with Gasteiger partial charge in [0.05, 0.1) is 5.57 Å². The van der Waals surface area contributed by atoms with Gasteiger partial charge in [0, 0.05) is 34.3 Å². The molecular formula is C29H30ClNO3. The summed E-state index contributed by atoms with van der Waals surface area (Å²) in [6.45, 7) is 1.92. The normalized spacial score (nSPS) is 23.4. The molecule has 0 amide bonds. The van der Waals surface area contributed by atoms with Crippen LogP contribution in [0.3, 0.4) is 0 Å². The number of esters is 1. The van der Waals surface area contributed by atoms with E-state index in [0.717, 1.165) is 54.6 Å². The van der Waals surface area contributed by atoms with Crippen LogP contribution in [0.2, 0.25) is 5.02 Å². The lowest BCUT2D eigenvalue weighted by Crippen LogP contribution is -2.37. The van der Waals surface area contributed by atoms with E-state index >= 15 is 0 Å². The monoisotopic (exact) mass is 475 g/mol. The number of rotatable bonds is 4. The average molecular weight is 476 g/mol. The molecule has 4 nitrogen and oxygen atoms in total. The first-order valence-electron chi connectivity index (χ1n) is 12.3. The topological polar surface area (TPSA) is 55.4 Å². The van der Waals surface area contributed by atoms with E-state index in [0.29, 0.717) is 22.6 Å². The molecule has 0 unspecified atom stereocenters. The summed E-state index contributed by atoms with van der Waals surface area (Å²) in [7, 11) is 0. The summed E-state index contributed by atoms with van der Waals surface area (Å²) in [6, 6.07) is 17.7. The van der Waals surface area contributed by atoms with Crippen molar-refractivity contribution in [1.29, 1.82) is 0 Å². The Morgan fingerprint density at radius 2 is 1.65 bits per heavy atom. The second-order valence-electron chi connectivity index (χ2n) is 9.64. The van der Waals surface area contributed by atoms with Gasteiger partial charge in [-0.2, -0.15) is 0 Å². The number of dihydropyridines is 1. The molecule has 0 radical (unpaired) electrons. The van der Waals surface area contributed by atoms with Crippen molar-refractivity contribution >= 4 is 23.4 Å². The molecule has 2 atom stereocenters. The van der Waals surface area contributed by atoms with Gasteiger partial charge < -0.3 is 10.1 Å². The summed E-state index contributed by atoms with van der Waals surface area (Å²) >= 11 is 6.17. The van der Waals surface area contributed by atoms with Gasteiger partial charge in [0.15, 0.2) is 5.78 Å². The molecular weight excluding hydrogens is 446 g/mol. The number of benzene rings is 2. The van der Waals surface area contributed by atoms with Crippen molar-refractivity contribution in [2.75, 3.05) is 0 Å². The molecule has 1 N–H and O–H groups in total. The van der Waals surface area contributed by atoms with Gasteiger partial charge in [-0.05, 0) is 68.2 Å². The van der Waals surface area contributed by atoms with E-state index in [2.05, 4.69) is 17.4 Å². The van der Waals surface area contributed by atoms with Crippen LogP contribution in [0.15, 0.2) is 77.1 Å². The van der Waals surface area contributed by atoms with Crippen LogP contribution in [0.4, 0.5) is 0 Å². The van der Waals surface area contributed by atoms with Crippen LogP contribution >= 0.6 is 11.6 Å². The molecule has 2 aromatic rings. The van der Waals surface area contributed by atoms with E-state index < -0.39 is 5.92 Å². The summed E-state index contributed by atoms with van der Waals surface area (Å²) in [5.41, 5.74) is 4.96. The maximum atomic E-state index is 13.6. The number of hydrogen-bond donors (Lipinski definition) is 1. The first-order valence-corrected chi connectivity index (χ1v) is 12.6. The van der Waals surface area contributed by atoms with Crippen molar-refractivity contribution < 1.29 is 14.3 Å². The zero-order valence-corrected chi connectivity index (χ0v) is 20.2. The Kier molecular flexibility index (Phi) is 6.60. The second-order valence-corrected chi connectivity index (χ2v) is 10.1. The molecule has 0 spiro atoms. The molecule has 0 saturated heterocycles. The van der Waals surface area contributed by atoms with Crippen LogP contribution in [0.1, 0.15) is 74.8 Å². The molecule has 176 valence electrons. The predicted molar refractivity (Wildman–Crippen MR) is 133 cm³/mol. The summed E-state index contributed by atoms with van der Waals surface area (Å²) in [6.07, 6.45) is 6.29. The largest absolute Gasteiger partial charge is 0.459 e. The third-order valence-corrected chi connectivity index (χ3v) is 7.60. The van der Waals surface area contributed by atoms with E-state index in [1.807, 2.05) is 49.4 Å². The van der Waals surface area contributed by atoms with E-state index in [4.69, 9.17) is 16.3 Å². The smallest absolute Gasteiger partial charge is 0.337 e. The number of carbonyl (C=O) groups is 2. The van der Waals surface area contributed by atoms with Gasteiger partial charge in [-0.25, -0.2) is 4.79 Å². The Morgan fingerprint density at radius 1 is 0.941 bits per heavy atom. The van der Waals surface area contributed by atoms with Crippen LogP contribution in [-0.4, -0.2) is 17.9 Å². The summed E-state index contributed by atoms with van der Waals surface area (Å²) in [5, 5.41) is 4.06. The van der Waals surface area contributed by atoms with Gasteiger partial charge in [-0.15, -0.1) is 0 Å². The lowest BCUT2D eigenvalue weighted by Gasteiger charge is -2.37. The summed E-state index contributed by atoms with van der Waals surface area (Å²) in [5.74, 6) is -0.567. The summed E-state index contributed by atoms with van der Waals surface area (Å²) < 4.78 is 5.99. The Morgan fingerprint density at radius 3 is 2.35 bits per heavy atom. The Labute approximate surface area is 206 Å². The molecule has 34 heavy (non-hydrogen) atoms. The molecule has 1 fully saturated rings. The second kappa shape index (κ2) is 9.79. The molecule has 2 aliphatic carbocycles. The fraction of sp³-hybridized carbons (Fsp3) is 0.379. The SMILES string of the molecule is CC1=C(C(=O)OC2CCCCC2)[C@H](c2ccc(Cl)cc2)C2=C(C[C@H](c3ccccc3)CC2=O)N1. The lowest BCUT2D eigenvalue weighted by molar-refractivity contribution is -0.146. The molecule has 1 aliphatic heterocycles. The fourth-order valence-corrected chi connectivity index (χ4v) is 5.78. The molecule has 2 aromatic carbocycles. The number of carbonyl (C=O) groups excluding carboxylic acids is 2. The molecule has 5 heteroatoms. The Bertz CT molecular complexity index is 1140. The van der Waals surface area contributed by atoms with Gasteiger partial charge in [0.1, 0.15) is 6.10 Å². The van der Waals surface area contributed by atoms with E-state index in [1.165, 1.54) is 6.42 Å². The van der Waals surface area contributed by atoms with Crippen molar-refractivity contribution in [3.05, 3.63) is 93.3 Å². The standard InChI is InChI=1S/C29H30ClNO3/c1-18-26(29(33)34-23-10-6-3-7-11-23)27(20-12-14-22(30)15-13-20)28-24(31-18)16-21(17-25(28)32)19-8-4-2-5-9-19/h2,4-5,8-9,12-15,21,23,27,31H,3,6-7,10-11,16-17H2,1H3/t21-,27-/m0/s1. The highest BCUT2D eigenvalue weighted by molar-refractivity contribution is 6.30. The van der Waals surface area contributed by atoms with Gasteiger partial charge in [0.2, 0.25) is 0 Å². The summed E-state index contributed by atoms with van der Waals surface area (Å²) in [4.78, 5) is 27.1. The number of hydrogen-bond acceptors (Lipinski definition) is 4. The van der Waals surface area contributed by atoms with Crippen LogP contribution in [0, 0.1) is 0 Å². The first-order chi connectivity index (χ1) is 16.5. The third kappa shape index (κ3) is 4.56. The Balaban J connectivity index is 1.52. The van der Waals surface area contributed by atoms with Crippen molar-refractivity contribution in [1.82, 2.24) is 5.32 Å². The number of ketones is 1. The Hall–Kier alpha value is -2.85. The lowest BCUT2D eigenvalue weighted by atomic mass is 9.71. The predicted octanol–water partition coefficient (Wildman–Crippen LogP) is 6.58. The third-order valence-electron chi connectivity index (χ3n) is 7.35. The van der Waals surface area contributed by atoms with Crippen molar-refractivity contribution in [3.63, 3.8) is 0 Å². The van der Waals surface area contributed by atoms with E-state index in [9.17, 15) is 9.59 Å². The van der Waals surface area contributed by atoms with Crippen LogP contribution in [-0.2, 0) is 14.3 Å². The maximum absolute atomic E-state index is 13.6. The zero-order chi connectivity index (χ0) is 23.7. The number of ether oxygens (including phenoxy) is 1. The van der Waals surface area contributed by atoms with Gasteiger partial charge >= 0.3 is 5.97 Å². The number of halogens is 1. The van der Waals surface area contributed by atoms with Crippen LogP contribution in [0.5, 0.6) is 0 Å². The highest BCUT2D eigenvalue weighted by atomic mass is 35.5. The molecule has 5 rings (SSSR count). The highest BCUT2D eigenvalue weighted by Gasteiger charge is 2.41. The molecule has 0 bridgehead atoms. The number of nitrogens with one attached hydrogen (secondary N) is 1. The van der Waals surface area contributed by atoms with Crippen molar-refractivity contribution in [3.8, 4) is 0 Å². The minimum absolute atomic E-state index is 0.0488. The average Bonchev–Trinajstić information content (AvgIpc) is 2.84. The van der Waals surface area contributed by atoms with E-state index in [1.54, 1.807) is 0 Å². The van der Waals surface area contributed by atoms with Crippen LogP contribution < -0.4 is 5.32 Å². The quantitative estimate of drug-likeness (QED) is 0.507. The maximum Gasteiger partial charge on any atom is 0.337 e. The van der Waals surface area contributed by atoms with Gasteiger partial charge in [0.25, 0.3) is 0 Å². The molecule has 1 saturated carbocycles. The van der Waals surface area contributed by atoms with Gasteiger partial charge in [-0.3, -0.25) is 4.79 Å². The molecule has 3 aliphatic rings. The van der Waals surface area contributed by atoms with Gasteiger partial charge in [-0.1, -0.05) is 60.5 Å². The van der Waals surface area contributed by atoms with E-state index in [-0.39, 0.29) is 23.8 Å². The van der Waals surface area contributed by atoms with Crippen molar-refractivity contribution in [2.45, 2.75) is 69.8 Å². The zero-order valence-electron chi connectivity index (χ0n) is 19.5. The minimum Gasteiger partial charge on any atom is -0.459 e. The van der Waals surface area contributed by atoms with Crippen molar-refractivity contribution in [2.24, 2.45) is 0 Å².